The van der Waals surface area contributed by atoms with E-state index in [0.717, 1.165) is 12.1 Å². The molecule has 1 aliphatic rings. The van der Waals surface area contributed by atoms with Gasteiger partial charge < -0.3 is 10.4 Å². The Hall–Kier alpha value is -5.45. The van der Waals surface area contributed by atoms with Crippen molar-refractivity contribution in [3.63, 3.8) is 0 Å². The highest BCUT2D eigenvalue weighted by Crippen LogP contribution is 2.49. The number of aromatic nitrogens is 5. The molecule has 1 amide bonds. The van der Waals surface area contributed by atoms with E-state index in [0.29, 0.717) is 38.3 Å². The maximum atomic E-state index is 15.6. The summed E-state index contributed by atoms with van der Waals surface area (Å²) < 4.78 is 116. The number of halogens is 6. The number of hydrogen-bond acceptors (Lipinski definition) is 7. The van der Waals surface area contributed by atoms with E-state index in [4.69, 9.17) is 5.14 Å². The van der Waals surface area contributed by atoms with Crippen molar-refractivity contribution in [1.82, 2.24) is 29.9 Å². The number of rotatable bonds is 11. The van der Waals surface area contributed by atoms with Gasteiger partial charge in [0.25, 0.3) is 22.6 Å². The normalized spacial score (nSPS) is 16.1. The van der Waals surface area contributed by atoms with E-state index < -0.39 is 76.1 Å². The van der Waals surface area contributed by atoms with E-state index >= 15 is 8.78 Å². The summed E-state index contributed by atoms with van der Waals surface area (Å²) in [6.45, 7) is 3.70. The van der Waals surface area contributed by atoms with Crippen molar-refractivity contribution < 1.29 is 44.7 Å². The Morgan fingerprint density at radius 1 is 1.09 bits per heavy atom. The minimum atomic E-state index is -4.27. The van der Waals surface area contributed by atoms with E-state index in [1.165, 1.54) is 24.6 Å². The van der Waals surface area contributed by atoms with Crippen LogP contribution in [0.3, 0.4) is 0 Å². The average Bonchev–Trinajstić information content (AvgIpc) is 3.71. The molecule has 3 atom stereocenters. The zero-order chi connectivity index (χ0) is 40.9. The molecular formula is C37H36F6N8O4S. The van der Waals surface area contributed by atoms with Crippen molar-refractivity contribution in [2.45, 2.75) is 71.1 Å². The number of nitrogens with one attached hydrogen (secondary N) is 2. The van der Waals surface area contributed by atoms with Crippen LogP contribution in [0.1, 0.15) is 72.2 Å². The maximum Gasteiger partial charge on any atom is 0.297 e. The van der Waals surface area contributed by atoms with E-state index in [2.05, 4.69) is 37.1 Å². The van der Waals surface area contributed by atoms with Crippen LogP contribution in [0, 0.1) is 36.3 Å². The molecule has 5 N–H and O–H groups in total. The van der Waals surface area contributed by atoms with E-state index in [9.17, 15) is 35.9 Å². The zero-order valence-electron chi connectivity index (χ0n) is 30.3. The van der Waals surface area contributed by atoms with Crippen LogP contribution in [-0.2, 0) is 47.4 Å². The molecule has 0 saturated carbocycles. The molecule has 0 aliphatic heterocycles. The number of anilines is 1. The number of aliphatic hydroxyl groups is 1. The Kier molecular flexibility index (Phi) is 10.9. The summed E-state index contributed by atoms with van der Waals surface area (Å²) in [4.78, 5) is 18.6. The van der Waals surface area contributed by atoms with Gasteiger partial charge in [0.1, 0.15) is 41.4 Å². The topological polar surface area (TPSA) is 170 Å². The smallest absolute Gasteiger partial charge is 0.297 e. The second-order valence-electron chi connectivity index (χ2n) is 13.6. The fourth-order valence-electron chi connectivity index (χ4n) is 7.12. The second-order valence-corrected chi connectivity index (χ2v) is 14.8. The number of amides is 1. The minimum absolute atomic E-state index is 0.0197. The summed E-state index contributed by atoms with van der Waals surface area (Å²) in [5.74, 6) is -2.48. The van der Waals surface area contributed by atoms with Gasteiger partial charge in [-0.15, -0.1) is 0 Å². The van der Waals surface area contributed by atoms with Crippen LogP contribution >= 0.6 is 0 Å². The SMILES string of the molecule is CCC1Cc2c(C(F)F)nn(CC(=O)NC(Cc3cc(F)cc(F)c3)c3nc(C#CC(C)O)ccc3-c3ccc(C)c4c(NS(N)(=O)=O)nn(C)c34)c2C1(F)F. The first kappa shape index (κ1) is 40.2. The summed E-state index contributed by atoms with van der Waals surface area (Å²) in [7, 11) is -2.73. The van der Waals surface area contributed by atoms with Crippen LogP contribution < -0.4 is 15.2 Å². The van der Waals surface area contributed by atoms with Gasteiger partial charge in [-0.1, -0.05) is 25.0 Å². The highest BCUT2D eigenvalue weighted by atomic mass is 32.2. The van der Waals surface area contributed by atoms with Gasteiger partial charge in [0.2, 0.25) is 5.91 Å². The number of benzene rings is 2. The molecule has 3 unspecified atom stereocenters. The summed E-state index contributed by atoms with van der Waals surface area (Å²) >= 11 is 0. The summed E-state index contributed by atoms with van der Waals surface area (Å²) in [6, 6.07) is 7.81. The van der Waals surface area contributed by atoms with Crippen molar-refractivity contribution in [3.8, 4) is 23.0 Å². The second kappa shape index (κ2) is 15.2. The predicted molar refractivity (Wildman–Crippen MR) is 193 cm³/mol. The maximum absolute atomic E-state index is 15.6. The van der Waals surface area contributed by atoms with Gasteiger partial charge in [0, 0.05) is 41.1 Å². The van der Waals surface area contributed by atoms with Crippen molar-refractivity contribution in [3.05, 3.63) is 93.6 Å². The zero-order valence-corrected chi connectivity index (χ0v) is 31.2. The molecule has 1 aliphatic carbocycles. The molecule has 296 valence electrons. The molecule has 3 heterocycles. The number of carbonyl (C=O) groups excluding carboxylic acids is 1. The summed E-state index contributed by atoms with van der Waals surface area (Å²) in [5, 5.41) is 26.2. The van der Waals surface area contributed by atoms with Crippen molar-refractivity contribution >= 4 is 32.8 Å². The fourth-order valence-corrected chi connectivity index (χ4v) is 7.54. The lowest BCUT2D eigenvalue weighted by Crippen LogP contribution is -2.35. The van der Waals surface area contributed by atoms with Crippen LogP contribution in [0.4, 0.5) is 32.2 Å². The molecule has 56 heavy (non-hydrogen) atoms. The molecule has 12 nitrogen and oxygen atoms in total. The Morgan fingerprint density at radius 3 is 2.39 bits per heavy atom. The number of fused-ring (bicyclic) bond motifs is 2. The van der Waals surface area contributed by atoms with Crippen LogP contribution in [0.15, 0.2) is 42.5 Å². The Balaban J connectivity index is 1.52. The van der Waals surface area contributed by atoms with E-state index in [-0.39, 0.29) is 47.6 Å². The molecule has 6 rings (SSSR count). The van der Waals surface area contributed by atoms with Crippen LogP contribution in [0.5, 0.6) is 0 Å². The molecule has 0 bridgehead atoms. The number of hydrogen-bond donors (Lipinski definition) is 4. The third-order valence-electron chi connectivity index (χ3n) is 9.44. The van der Waals surface area contributed by atoms with Gasteiger partial charge >= 0.3 is 0 Å². The standard InChI is InChI=1S/C37H36F6N8O4S/c1-5-21-15-27-32(35(40)41)47-51(34(27)37(21,42)43)17-29(53)46-28(14-20-12-22(38)16-23(39)13-20)31-25(11-9-24(45-31)8-7-19(3)52)26-10-6-18(2)30-33(26)50(4)48-36(30)49-56(44,54)55/h6,9-13,16,19,21,28,35,52H,5,14-15,17H2,1-4H3,(H,46,53)(H,48,49)(H2,44,54,55). The van der Waals surface area contributed by atoms with Crippen LogP contribution in [0.25, 0.3) is 22.0 Å². The summed E-state index contributed by atoms with van der Waals surface area (Å²) in [6.07, 6.45) is -4.96. The first-order valence-corrected chi connectivity index (χ1v) is 18.8. The monoisotopic (exact) mass is 802 g/mol. The first-order valence-electron chi connectivity index (χ1n) is 17.2. The Bertz CT molecular complexity index is 2510. The fraction of sp³-hybridized carbons (Fsp3) is 0.351. The third kappa shape index (κ3) is 8.08. The Morgan fingerprint density at radius 2 is 1.77 bits per heavy atom. The van der Waals surface area contributed by atoms with Crippen molar-refractivity contribution in [1.29, 1.82) is 0 Å². The van der Waals surface area contributed by atoms with Crippen molar-refractivity contribution in [2.75, 3.05) is 4.72 Å². The number of alkyl halides is 4. The number of aryl methyl sites for hydroxylation is 2. The van der Waals surface area contributed by atoms with Crippen LogP contribution in [-0.4, -0.2) is 50.1 Å². The molecule has 0 radical (unpaired) electrons. The number of aliphatic hydroxyl groups excluding tert-OH is 1. The van der Waals surface area contributed by atoms with E-state index in [1.54, 1.807) is 32.2 Å². The van der Waals surface area contributed by atoms with Gasteiger partial charge in [-0.25, -0.2) is 27.7 Å². The lowest BCUT2D eigenvalue weighted by Gasteiger charge is -2.23. The van der Waals surface area contributed by atoms with Gasteiger partial charge in [-0.2, -0.15) is 27.4 Å². The lowest BCUT2D eigenvalue weighted by atomic mass is 9.93. The molecule has 19 heteroatoms. The van der Waals surface area contributed by atoms with Gasteiger partial charge in [-0.3, -0.25) is 18.9 Å². The quantitative estimate of drug-likeness (QED) is 0.101. The van der Waals surface area contributed by atoms with Crippen LogP contribution in [0.2, 0.25) is 0 Å². The lowest BCUT2D eigenvalue weighted by molar-refractivity contribution is -0.123. The molecule has 5 aromatic rings. The molecular weight excluding hydrogens is 767 g/mol. The highest BCUT2D eigenvalue weighted by Gasteiger charge is 2.52. The predicted octanol–water partition coefficient (Wildman–Crippen LogP) is 5.48. The summed E-state index contributed by atoms with van der Waals surface area (Å²) in [5.41, 5.74) is -0.108. The number of pyridine rings is 1. The molecule has 0 spiro atoms. The molecule has 0 saturated heterocycles. The average molecular weight is 803 g/mol. The van der Waals surface area contributed by atoms with Gasteiger partial charge in [0.15, 0.2) is 5.82 Å². The number of nitrogens with two attached hydrogens (primary N) is 1. The largest absolute Gasteiger partial charge is 0.381 e. The molecule has 3 aromatic heterocycles. The van der Waals surface area contributed by atoms with Gasteiger partial charge in [-0.05, 0) is 74.4 Å². The Labute approximate surface area is 317 Å². The molecule has 0 fully saturated rings. The van der Waals surface area contributed by atoms with Crippen molar-refractivity contribution in [2.24, 2.45) is 18.1 Å². The first-order chi connectivity index (χ1) is 26.3. The number of nitrogens with zero attached hydrogens (tertiary/aromatic N) is 5. The molecule has 2 aromatic carbocycles. The highest BCUT2D eigenvalue weighted by molar-refractivity contribution is 7.90. The van der Waals surface area contributed by atoms with Gasteiger partial charge in [0.05, 0.1) is 17.3 Å². The third-order valence-corrected chi connectivity index (χ3v) is 9.92. The minimum Gasteiger partial charge on any atom is -0.381 e. The van der Waals surface area contributed by atoms with E-state index in [1.807, 2.05) is 0 Å². The number of carbonyl (C=O) groups is 1.